The molecule has 138 valence electrons. The third-order valence-corrected chi connectivity index (χ3v) is 6.14. The summed E-state index contributed by atoms with van der Waals surface area (Å²) in [7, 11) is 0. The quantitative estimate of drug-likeness (QED) is 0.455. The van der Waals surface area contributed by atoms with Gasteiger partial charge in [-0.25, -0.2) is 9.99 Å². The molecule has 1 aliphatic heterocycles. The highest BCUT2D eigenvalue weighted by molar-refractivity contribution is 9.10. The van der Waals surface area contributed by atoms with E-state index >= 15 is 0 Å². The Bertz CT molecular complexity index is 1150. The first kappa shape index (κ1) is 17.3. The number of rotatable bonds is 3. The number of aromatic nitrogens is 2. The van der Waals surface area contributed by atoms with Crippen LogP contribution in [-0.2, 0) is 0 Å². The van der Waals surface area contributed by atoms with E-state index in [9.17, 15) is 4.79 Å². The lowest BCUT2D eigenvalue weighted by Gasteiger charge is -2.19. The van der Waals surface area contributed by atoms with Crippen LogP contribution in [0.25, 0.3) is 11.0 Å². The second kappa shape index (κ2) is 7.00. The Morgan fingerprint density at radius 3 is 2.68 bits per heavy atom. The van der Waals surface area contributed by atoms with Crippen molar-refractivity contribution in [1.82, 2.24) is 15.0 Å². The largest absolute Gasteiger partial charge is 0.340 e. The van der Waals surface area contributed by atoms with E-state index in [1.54, 1.807) is 5.01 Å². The first-order valence-corrected chi connectivity index (χ1v) is 10.5. The maximum absolute atomic E-state index is 13.1. The molecule has 0 bridgehead atoms. The molecular formula is C21H15BrN4OS. The van der Waals surface area contributed by atoms with Crippen molar-refractivity contribution in [1.29, 1.82) is 0 Å². The van der Waals surface area contributed by atoms with Crippen LogP contribution in [0, 0.1) is 0 Å². The molecule has 7 heteroatoms. The lowest BCUT2D eigenvalue weighted by Crippen LogP contribution is -2.27. The molecule has 0 spiro atoms. The number of hydrogen-bond acceptors (Lipinski definition) is 4. The predicted octanol–water partition coefficient (Wildman–Crippen LogP) is 5.38. The molecule has 0 radical (unpaired) electrons. The molecule has 2 aromatic carbocycles. The normalized spacial score (nSPS) is 16.5. The number of H-pyrrole nitrogens is 1. The number of fused-ring (bicyclic) bond motifs is 1. The van der Waals surface area contributed by atoms with Crippen LogP contribution in [0.4, 0.5) is 0 Å². The molecule has 0 fully saturated rings. The zero-order chi connectivity index (χ0) is 19.1. The number of imidazole rings is 1. The average Bonchev–Trinajstić information content (AvgIpc) is 3.46. The number of nitrogens with one attached hydrogen (secondary N) is 1. The lowest BCUT2D eigenvalue weighted by molar-refractivity contribution is 0.0710. The van der Waals surface area contributed by atoms with Crippen LogP contribution in [0.2, 0.25) is 0 Å². The van der Waals surface area contributed by atoms with Gasteiger partial charge in [-0.2, -0.15) is 5.10 Å². The Morgan fingerprint density at radius 2 is 1.93 bits per heavy atom. The number of benzene rings is 2. The Kier molecular flexibility index (Phi) is 4.33. The number of halogens is 1. The number of para-hydroxylation sites is 2. The smallest absolute Gasteiger partial charge is 0.284 e. The first-order valence-electron chi connectivity index (χ1n) is 8.84. The third-order valence-electron chi connectivity index (χ3n) is 4.75. The summed E-state index contributed by atoms with van der Waals surface area (Å²) < 4.78 is 1.01. The van der Waals surface area contributed by atoms with Gasteiger partial charge in [0.1, 0.15) is 11.9 Å². The number of aromatic amines is 1. The van der Waals surface area contributed by atoms with Crippen LogP contribution in [0.1, 0.15) is 33.5 Å². The van der Waals surface area contributed by atoms with Gasteiger partial charge in [-0.05, 0) is 41.3 Å². The number of nitrogens with zero attached hydrogens (tertiary/aromatic N) is 3. The fourth-order valence-corrected chi connectivity index (χ4v) is 4.29. The van der Waals surface area contributed by atoms with Gasteiger partial charge in [0.05, 0.1) is 21.6 Å². The minimum atomic E-state index is -0.263. The molecule has 0 unspecified atom stereocenters. The molecule has 4 aromatic rings. The van der Waals surface area contributed by atoms with Gasteiger partial charge < -0.3 is 4.98 Å². The van der Waals surface area contributed by atoms with E-state index in [1.165, 1.54) is 11.3 Å². The van der Waals surface area contributed by atoms with Gasteiger partial charge in [0, 0.05) is 10.9 Å². The number of hydrazone groups is 1. The summed E-state index contributed by atoms with van der Waals surface area (Å²) in [5, 5.41) is 8.18. The molecule has 2 aromatic heterocycles. The summed E-state index contributed by atoms with van der Waals surface area (Å²) in [6.07, 6.45) is 0.610. The number of carbonyl (C=O) groups is 1. The summed E-state index contributed by atoms with van der Waals surface area (Å²) in [4.78, 5) is 21.9. The van der Waals surface area contributed by atoms with Crippen molar-refractivity contribution in [2.45, 2.75) is 12.5 Å². The molecule has 0 saturated carbocycles. The van der Waals surface area contributed by atoms with Gasteiger partial charge in [-0.3, -0.25) is 4.79 Å². The number of hydrogen-bond donors (Lipinski definition) is 1. The molecule has 1 amide bonds. The summed E-state index contributed by atoms with van der Waals surface area (Å²) >= 11 is 4.89. The summed E-state index contributed by atoms with van der Waals surface area (Å²) in [5.41, 5.74) is 3.73. The number of thiophene rings is 1. The van der Waals surface area contributed by atoms with Crippen LogP contribution in [0.3, 0.4) is 0 Å². The molecule has 3 heterocycles. The summed E-state index contributed by atoms with van der Waals surface area (Å²) in [6, 6.07) is 19.3. The summed E-state index contributed by atoms with van der Waals surface area (Å²) in [5.74, 6) is 0.648. The third kappa shape index (κ3) is 3.06. The fourth-order valence-electron chi connectivity index (χ4n) is 3.37. The molecule has 0 aliphatic carbocycles. The maximum Gasteiger partial charge on any atom is 0.284 e. The van der Waals surface area contributed by atoms with Crippen LogP contribution in [0.15, 0.2) is 75.6 Å². The molecule has 1 aliphatic rings. The van der Waals surface area contributed by atoms with Crippen molar-refractivity contribution in [3.63, 3.8) is 0 Å². The van der Waals surface area contributed by atoms with Crippen molar-refractivity contribution in [2.24, 2.45) is 5.10 Å². The Morgan fingerprint density at radius 1 is 1.11 bits per heavy atom. The fraction of sp³-hybridized carbons (Fsp3) is 0.0952. The second-order valence-corrected chi connectivity index (χ2v) is 8.40. The molecule has 28 heavy (non-hydrogen) atoms. The van der Waals surface area contributed by atoms with Gasteiger partial charge in [0.25, 0.3) is 5.91 Å². The van der Waals surface area contributed by atoms with Gasteiger partial charge in [0.2, 0.25) is 0 Å². The van der Waals surface area contributed by atoms with Crippen LogP contribution in [0.5, 0.6) is 0 Å². The first-order chi connectivity index (χ1) is 13.7. The molecule has 0 saturated heterocycles. The minimum absolute atomic E-state index is 0.104. The Labute approximate surface area is 173 Å². The van der Waals surface area contributed by atoms with Gasteiger partial charge in [-0.1, -0.05) is 46.3 Å². The van der Waals surface area contributed by atoms with Crippen molar-refractivity contribution >= 4 is 49.9 Å². The zero-order valence-corrected chi connectivity index (χ0v) is 17.1. The molecule has 1 atom stereocenters. The molecule has 1 N–H and O–H groups in total. The number of carbonyl (C=O) groups excluding carboxylic acids is 1. The maximum atomic E-state index is 13.1. The van der Waals surface area contributed by atoms with Gasteiger partial charge in [0.15, 0.2) is 0 Å². The van der Waals surface area contributed by atoms with Crippen LogP contribution < -0.4 is 0 Å². The highest BCUT2D eigenvalue weighted by Crippen LogP contribution is 2.34. The standard InChI is InChI=1S/C21H15BrN4OS/c22-14-9-7-13(8-10-14)17-12-18(20-23-15-4-1-2-5-16(15)24-20)26(25-17)21(27)19-6-3-11-28-19/h1-11,18H,12H2,(H,23,24)/t18-/m1/s1. The van der Waals surface area contributed by atoms with E-state index in [0.29, 0.717) is 11.3 Å². The van der Waals surface area contributed by atoms with Gasteiger partial charge in [-0.15, -0.1) is 11.3 Å². The molecule has 5 nitrogen and oxygen atoms in total. The highest BCUT2D eigenvalue weighted by atomic mass is 79.9. The van der Waals surface area contributed by atoms with Crippen molar-refractivity contribution in [2.75, 3.05) is 0 Å². The molecular weight excluding hydrogens is 436 g/mol. The average molecular weight is 451 g/mol. The van der Waals surface area contributed by atoms with E-state index in [2.05, 4.69) is 20.9 Å². The highest BCUT2D eigenvalue weighted by Gasteiger charge is 2.36. The predicted molar refractivity (Wildman–Crippen MR) is 115 cm³/mol. The number of amides is 1. The van der Waals surface area contributed by atoms with Crippen molar-refractivity contribution in [3.05, 3.63) is 86.8 Å². The second-order valence-electron chi connectivity index (χ2n) is 6.54. The van der Waals surface area contributed by atoms with Crippen molar-refractivity contribution < 1.29 is 4.79 Å². The van der Waals surface area contributed by atoms with Gasteiger partial charge >= 0.3 is 0 Å². The van der Waals surface area contributed by atoms with Crippen LogP contribution in [-0.4, -0.2) is 26.6 Å². The topological polar surface area (TPSA) is 61.4 Å². The Balaban J connectivity index is 1.56. The van der Waals surface area contributed by atoms with E-state index < -0.39 is 0 Å². The van der Waals surface area contributed by atoms with E-state index in [-0.39, 0.29) is 11.9 Å². The lowest BCUT2D eigenvalue weighted by atomic mass is 10.0. The molecule has 5 rings (SSSR count). The van der Waals surface area contributed by atoms with Crippen LogP contribution >= 0.6 is 27.3 Å². The minimum Gasteiger partial charge on any atom is -0.340 e. The van der Waals surface area contributed by atoms with E-state index in [4.69, 9.17) is 10.1 Å². The van der Waals surface area contributed by atoms with E-state index in [1.807, 2.05) is 66.0 Å². The van der Waals surface area contributed by atoms with Crippen molar-refractivity contribution in [3.8, 4) is 0 Å². The zero-order valence-electron chi connectivity index (χ0n) is 14.7. The van der Waals surface area contributed by atoms with E-state index in [0.717, 1.165) is 32.6 Å². The summed E-state index contributed by atoms with van der Waals surface area (Å²) in [6.45, 7) is 0. The Hall–Kier alpha value is -2.77. The SMILES string of the molecule is O=C(c1cccs1)N1N=C(c2ccc(Br)cc2)C[C@@H]1c1nc2ccccc2[nH]1. The monoisotopic (exact) mass is 450 g/mol.